The first-order valence-electron chi connectivity index (χ1n) is 7.37. The quantitative estimate of drug-likeness (QED) is 0.795. The third kappa shape index (κ3) is 3.98. The maximum Gasteiger partial charge on any atom is 0.252 e. The van der Waals surface area contributed by atoms with Crippen molar-refractivity contribution >= 4 is 17.3 Å². The second-order valence-corrected chi connectivity index (χ2v) is 5.37. The Hall–Kier alpha value is -3.14. The number of nitrogens with one attached hydrogen (secondary N) is 1. The average molecular weight is 328 g/mol. The van der Waals surface area contributed by atoms with E-state index in [4.69, 9.17) is 11.0 Å². The smallest absolute Gasteiger partial charge is 0.252 e. The van der Waals surface area contributed by atoms with Crippen molar-refractivity contribution in [2.24, 2.45) is 5.73 Å². The molecule has 3 N–H and O–H groups in total. The molecule has 124 valence electrons. The number of aromatic nitrogens is 1. The molecular formula is C17H17FN4O2. The van der Waals surface area contributed by atoms with Crippen LogP contribution in [0.5, 0.6) is 0 Å². The van der Waals surface area contributed by atoms with Gasteiger partial charge in [0.05, 0.1) is 23.0 Å². The lowest BCUT2D eigenvalue weighted by Crippen LogP contribution is -2.24. The molecule has 2 rings (SSSR count). The number of halogens is 1. The second kappa shape index (κ2) is 7.42. The number of anilines is 2. The fourth-order valence-electron chi connectivity index (χ4n) is 2.24. The van der Waals surface area contributed by atoms with Gasteiger partial charge in [-0.3, -0.25) is 9.59 Å². The van der Waals surface area contributed by atoms with Crippen molar-refractivity contribution in [2.45, 2.75) is 26.3 Å². The summed E-state index contributed by atoms with van der Waals surface area (Å²) in [5.41, 5.74) is 6.11. The molecule has 0 aliphatic carbocycles. The number of carbonyl (C=O) groups is 1. The Bertz CT molecular complexity index is 868. The van der Waals surface area contributed by atoms with E-state index >= 15 is 0 Å². The van der Waals surface area contributed by atoms with Crippen molar-refractivity contribution in [3.63, 3.8) is 0 Å². The maximum absolute atomic E-state index is 14.0. The first kappa shape index (κ1) is 17.2. The molecule has 0 bridgehead atoms. The van der Waals surface area contributed by atoms with E-state index in [-0.39, 0.29) is 22.5 Å². The van der Waals surface area contributed by atoms with Crippen molar-refractivity contribution in [3.05, 3.63) is 57.8 Å². The Balaban J connectivity index is 2.39. The van der Waals surface area contributed by atoms with E-state index in [1.807, 2.05) is 6.07 Å². The number of hydrogen-bond acceptors (Lipinski definition) is 4. The zero-order valence-corrected chi connectivity index (χ0v) is 13.2. The molecule has 2 aromatic rings. The topological polar surface area (TPSA) is 101 Å². The zero-order chi connectivity index (χ0) is 17.7. The van der Waals surface area contributed by atoms with E-state index in [1.54, 1.807) is 13.0 Å². The predicted molar refractivity (Wildman–Crippen MR) is 88.5 cm³/mol. The van der Waals surface area contributed by atoms with Crippen molar-refractivity contribution < 1.29 is 9.18 Å². The summed E-state index contributed by atoms with van der Waals surface area (Å²) in [5, 5.41) is 11.3. The third-order valence-corrected chi connectivity index (χ3v) is 3.47. The molecule has 6 nitrogen and oxygen atoms in total. The Morgan fingerprint density at radius 1 is 1.38 bits per heavy atom. The first-order valence-corrected chi connectivity index (χ1v) is 7.37. The summed E-state index contributed by atoms with van der Waals surface area (Å²) in [5.74, 6) is -1.23. The summed E-state index contributed by atoms with van der Waals surface area (Å²) in [6.07, 6.45) is 2.11. The molecule has 1 heterocycles. The third-order valence-electron chi connectivity index (χ3n) is 3.47. The van der Waals surface area contributed by atoms with E-state index in [0.29, 0.717) is 19.4 Å². The normalized spacial score (nSPS) is 10.2. The van der Waals surface area contributed by atoms with Gasteiger partial charge >= 0.3 is 0 Å². The number of rotatable bonds is 6. The van der Waals surface area contributed by atoms with Gasteiger partial charge in [-0.25, -0.2) is 4.39 Å². The second-order valence-electron chi connectivity index (χ2n) is 5.37. The van der Waals surface area contributed by atoms with Crippen LogP contribution in [0.3, 0.4) is 0 Å². The SMILES string of the molecule is Cc1ccc(Nc2cc(=O)n(CCCC#N)cc2C(N)=O)c(F)c1. The van der Waals surface area contributed by atoms with Crippen LogP contribution >= 0.6 is 0 Å². The molecule has 0 atom stereocenters. The van der Waals surface area contributed by atoms with E-state index in [0.717, 1.165) is 5.56 Å². The highest BCUT2D eigenvalue weighted by Gasteiger charge is 2.13. The fourth-order valence-corrected chi connectivity index (χ4v) is 2.24. The first-order chi connectivity index (χ1) is 11.4. The molecule has 0 unspecified atom stereocenters. The number of nitrogens with two attached hydrogens (primary N) is 1. The highest BCUT2D eigenvalue weighted by molar-refractivity contribution is 5.98. The van der Waals surface area contributed by atoms with Gasteiger partial charge in [-0.2, -0.15) is 5.26 Å². The summed E-state index contributed by atoms with van der Waals surface area (Å²) >= 11 is 0. The number of primary amides is 1. The summed E-state index contributed by atoms with van der Waals surface area (Å²) in [7, 11) is 0. The van der Waals surface area contributed by atoms with Crippen LogP contribution in [0, 0.1) is 24.1 Å². The molecular weight excluding hydrogens is 311 g/mol. The maximum atomic E-state index is 14.0. The highest BCUT2D eigenvalue weighted by Crippen LogP contribution is 2.22. The van der Waals surface area contributed by atoms with Crippen molar-refractivity contribution in [2.75, 3.05) is 5.32 Å². The van der Waals surface area contributed by atoms with Crippen LogP contribution in [0.2, 0.25) is 0 Å². The number of nitrogens with zero attached hydrogens (tertiary/aromatic N) is 2. The summed E-state index contributed by atoms with van der Waals surface area (Å²) in [4.78, 5) is 23.8. The van der Waals surface area contributed by atoms with Crippen molar-refractivity contribution in [1.82, 2.24) is 4.57 Å². The lowest BCUT2D eigenvalue weighted by Gasteiger charge is -2.13. The van der Waals surface area contributed by atoms with Gasteiger partial charge in [0.15, 0.2) is 0 Å². The van der Waals surface area contributed by atoms with E-state index in [9.17, 15) is 14.0 Å². The minimum atomic E-state index is -0.737. The number of nitriles is 1. The molecule has 1 aromatic carbocycles. The monoisotopic (exact) mass is 328 g/mol. The van der Waals surface area contributed by atoms with Gasteiger partial charge in [0.25, 0.3) is 11.5 Å². The van der Waals surface area contributed by atoms with E-state index in [2.05, 4.69) is 5.32 Å². The number of benzene rings is 1. The largest absolute Gasteiger partial charge is 0.365 e. The van der Waals surface area contributed by atoms with Crippen LogP contribution in [-0.2, 0) is 6.54 Å². The lowest BCUT2D eigenvalue weighted by molar-refractivity contribution is 0.1000. The Morgan fingerprint density at radius 3 is 2.75 bits per heavy atom. The van der Waals surface area contributed by atoms with Gasteiger partial charge < -0.3 is 15.6 Å². The molecule has 0 aliphatic rings. The summed E-state index contributed by atoms with van der Waals surface area (Å²) in [6, 6.07) is 7.76. The minimum absolute atomic E-state index is 0.0755. The zero-order valence-electron chi connectivity index (χ0n) is 13.2. The predicted octanol–water partition coefficient (Wildman–Crippen LogP) is 2.44. The number of pyridine rings is 1. The fraction of sp³-hybridized carbons (Fsp3) is 0.235. The average Bonchev–Trinajstić information content (AvgIpc) is 2.52. The van der Waals surface area contributed by atoms with Gasteiger partial charge in [-0.05, 0) is 31.0 Å². The number of unbranched alkanes of at least 4 members (excludes halogenated alkanes) is 1. The molecule has 0 fully saturated rings. The standard InChI is InChI=1S/C17H17FN4O2/c1-11-4-5-14(13(18)8-11)21-15-9-16(23)22(7-3-2-6-19)10-12(15)17(20)24/h4-5,8-10,21H,2-3,7H2,1H3,(H2,20,24). The Labute approximate surface area is 138 Å². The van der Waals surface area contributed by atoms with E-state index in [1.165, 1.54) is 29.0 Å². The number of amides is 1. The van der Waals surface area contributed by atoms with Crippen molar-refractivity contribution in [3.8, 4) is 6.07 Å². The number of hydrogen-bond donors (Lipinski definition) is 2. The lowest BCUT2D eigenvalue weighted by atomic mass is 10.1. The minimum Gasteiger partial charge on any atom is -0.365 e. The number of carbonyl (C=O) groups excluding carboxylic acids is 1. The molecule has 0 saturated carbocycles. The Morgan fingerprint density at radius 2 is 2.12 bits per heavy atom. The molecule has 0 radical (unpaired) electrons. The molecule has 1 amide bonds. The van der Waals surface area contributed by atoms with E-state index < -0.39 is 11.7 Å². The summed E-state index contributed by atoms with van der Waals surface area (Å²) in [6.45, 7) is 2.05. The number of aryl methyl sites for hydroxylation is 2. The van der Waals surface area contributed by atoms with Gasteiger partial charge in [-0.15, -0.1) is 0 Å². The van der Waals surface area contributed by atoms with Crippen LogP contribution in [0.1, 0.15) is 28.8 Å². The van der Waals surface area contributed by atoms with Gasteiger partial charge in [-0.1, -0.05) is 6.07 Å². The summed E-state index contributed by atoms with van der Waals surface area (Å²) < 4.78 is 15.3. The Kier molecular flexibility index (Phi) is 5.32. The molecule has 0 spiro atoms. The van der Waals surface area contributed by atoms with Crippen LogP contribution in [-0.4, -0.2) is 10.5 Å². The van der Waals surface area contributed by atoms with Crippen LogP contribution < -0.4 is 16.6 Å². The van der Waals surface area contributed by atoms with Crippen LogP contribution in [0.15, 0.2) is 35.3 Å². The van der Waals surface area contributed by atoms with Crippen molar-refractivity contribution in [1.29, 1.82) is 5.26 Å². The highest BCUT2D eigenvalue weighted by atomic mass is 19.1. The molecule has 0 aliphatic heterocycles. The molecule has 0 saturated heterocycles. The molecule has 7 heteroatoms. The molecule has 24 heavy (non-hydrogen) atoms. The van der Waals surface area contributed by atoms with Crippen LogP contribution in [0.4, 0.5) is 15.8 Å². The van der Waals surface area contributed by atoms with Gasteiger partial charge in [0, 0.05) is 25.2 Å². The van der Waals surface area contributed by atoms with Crippen LogP contribution in [0.25, 0.3) is 0 Å². The molecule has 1 aromatic heterocycles. The van der Waals surface area contributed by atoms with Gasteiger partial charge in [0.2, 0.25) is 0 Å². The van der Waals surface area contributed by atoms with Gasteiger partial charge in [0.1, 0.15) is 5.82 Å².